The van der Waals surface area contributed by atoms with Gasteiger partial charge in [-0.15, -0.1) is 12.4 Å². The van der Waals surface area contributed by atoms with Crippen LogP contribution in [0.15, 0.2) is 54.6 Å². The summed E-state index contributed by atoms with van der Waals surface area (Å²) in [5, 5.41) is 3.48. The summed E-state index contributed by atoms with van der Waals surface area (Å²) in [5.41, 5.74) is 7.29. The predicted molar refractivity (Wildman–Crippen MR) is 118 cm³/mol. The third-order valence-corrected chi connectivity index (χ3v) is 5.61. The lowest BCUT2D eigenvalue weighted by Crippen LogP contribution is -2.49. The molecule has 1 heterocycles. The normalized spacial score (nSPS) is 19.3. The highest BCUT2D eigenvalue weighted by atomic mass is 35.5. The second kappa shape index (κ2) is 10.1. The van der Waals surface area contributed by atoms with Gasteiger partial charge in [-0.3, -0.25) is 9.59 Å². The van der Waals surface area contributed by atoms with Crippen molar-refractivity contribution in [1.82, 2.24) is 10.2 Å². The molecule has 7 heteroatoms. The molecule has 0 aromatic heterocycles. The van der Waals surface area contributed by atoms with Crippen molar-refractivity contribution in [3.63, 3.8) is 0 Å². The van der Waals surface area contributed by atoms with Crippen LogP contribution < -0.4 is 11.1 Å². The Kier molecular flexibility index (Phi) is 8.08. The molecule has 1 aliphatic heterocycles. The van der Waals surface area contributed by atoms with Gasteiger partial charge in [0.05, 0.1) is 0 Å². The van der Waals surface area contributed by atoms with E-state index >= 15 is 0 Å². The van der Waals surface area contributed by atoms with E-state index in [0.29, 0.717) is 36.6 Å². The van der Waals surface area contributed by atoms with Crippen LogP contribution in [0.4, 0.5) is 0 Å². The Labute approximate surface area is 183 Å². The zero-order valence-corrected chi connectivity index (χ0v) is 18.0. The fraction of sp³-hybridized carbons (Fsp3) is 0.364. The molecule has 3 N–H and O–H groups in total. The Morgan fingerprint density at radius 3 is 2.41 bits per heavy atom. The number of rotatable bonds is 6. The summed E-state index contributed by atoms with van der Waals surface area (Å²) >= 11 is 5.90. The number of carbonyl (C=O) groups excluding carboxylic acids is 2. The summed E-state index contributed by atoms with van der Waals surface area (Å²) < 4.78 is 0. The van der Waals surface area contributed by atoms with E-state index in [9.17, 15) is 9.59 Å². The Morgan fingerprint density at radius 1 is 1.17 bits per heavy atom. The highest BCUT2D eigenvalue weighted by Gasteiger charge is 2.37. The largest absolute Gasteiger partial charge is 0.340 e. The van der Waals surface area contributed by atoms with Crippen molar-refractivity contribution in [2.45, 2.75) is 25.8 Å². The molecule has 0 radical (unpaired) electrons. The average molecular weight is 436 g/mol. The molecule has 156 valence electrons. The van der Waals surface area contributed by atoms with Gasteiger partial charge in [-0.1, -0.05) is 48.9 Å². The van der Waals surface area contributed by atoms with Crippen LogP contribution in [-0.2, 0) is 11.2 Å². The lowest BCUT2D eigenvalue weighted by atomic mass is 9.90. The van der Waals surface area contributed by atoms with Crippen molar-refractivity contribution in [2.24, 2.45) is 11.1 Å². The number of likely N-dealkylation sites (tertiary alicyclic amines) is 1. The first kappa shape index (κ1) is 23.2. The number of nitrogens with zero attached hydrogens (tertiary/aromatic N) is 1. The first-order valence-corrected chi connectivity index (χ1v) is 9.87. The Hall–Kier alpha value is -2.08. The summed E-state index contributed by atoms with van der Waals surface area (Å²) in [7, 11) is 0. The molecular formula is C22H27Cl2N3O2. The van der Waals surface area contributed by atoms with Gasteiger partial charge < -0.3 is 16.0 Å². The SMILES string of the molecule is CC1(CN)CCN(C(=O)C(Cc2ccccc2)NC(=O)c2ccc(Cl)cc2)C1.Cl. The van der Waals surface area contributed by atoms with Crippen LogP contribution in [0.25, 0.3) is 0 Å². The van der Waals surface area contributed by atoms with Gasteiger partial charge in [0.1, 0.15) is 6.04 Å². The monoisotopic (exact) mass is 435 g/mol. The smallest absolute Gasteiger partial charge is 0.251 e. The molecule has 1 aliphatic rings. The average Bonchev–Trinajstić information content (AvgIpc) is 3.11. The van der Waals surface area contributed by atoms with E-state index in [0.717, 1.165) is 12.0 Å². The molecule has 1 saturated heterocycles. The second-order valence-electron chi connectivity index (χ2n) is 7.75. The molecule has 1 fully saturated rings. The maximum absolute atomic E-state index is 13.2. The van der Waals surface area contributed by atoms with E-state index in [-0.39, 0.29) is 29.6 Å². The fourth-order valence-corrected chi connectivity index (χ4v) is 3.62. The van der Waals surface area contributed by atoms with E-state index in [1.165, 1.54) is 0 Å². The lowest BCUT2D eigenvalue weighted by Gasteiger charge is -2.27. The fourth-order valence-electron chi connectivity index (χ4n) is 3.49. The summed E-state index contributed by atoms with van der Waals surface area (Å²) in [6.07, 6.45) is 1.31. The zero-order chi connectivity index (χ0) is 20.1. The van der Waals surface area contributed by atoms with Crippen molar-refractivity contribution >= 4 is 35.8 Å². The number of amides is 2. The number of benzene rings is 2. The highest BCUT2D eigenvalue weighted by molar-refractivity contribution is 6.30. The van der Waals surface area contributed by atoms with Crippen LogP contribution in [0.3, 0.4) is 0 Å². The van der Waals surface area contributed by atoms with Crippen LogP contribution in [0.1, 0.15) is 29.3 Å². The molecule has 0 aliphatic carbocycles. The van der Waals surface area contributed by atoms with Gasteiger partial charge in [-0.25, -0.2) is 0 Å². The summed E-state index contributed by atoms with van der Waals surface area (Å²) in [6, 6.07) is 15.7. The maximum atomic E-state index is 13.2. The van der Waals surface area contributed by atoms with E-state index in [2.05, 4.69) is 12.2 Å². The molecule has 3 rings (SSSR count). The quantitative estimate of drug-likeness (QED) is 0.730. The van der Waals surface area contributed by atoms with Crippen molar-refractivity contribution in [3.05, 3.63) is 70.7 Å². The second-order valence-corrected chi connectivity index (χ2v) is 8.18. The molecule has 0 spiro atoms. The van der Waals surface area contributed by atoms with Crippen molar-refractivity contribution in [2.75, 3.05) is 19.6 Å². The van der Waals surface area contributed by atoms with Gasteiger partial charge >= 0.3 is 0 Å². The molecule has 29 heavy (non-hydrogen) atoms. The van der Waals surface area contributed by atoms with Gasteiger partial charge in [-0.05, 0) is 48.2 Å². The molecule has 2 unspecified atom stereocenters. The molecule has 2 atom stereocenters. The van der Waals surface area contributed by atoms with Crippen LogP contribution >= 0.6 is 24.0 Å². The van der Waals surface area contributed by atoms with Crippen LogP contribution in [0.5, 0.6) is 0 Å². The maximum Gasteiger partial charge on any atom is 0.251 e. The van der Waals surface area contributed by atoms with Gasteiger partial charge in [-0.2, -0.15) is 0 Å². The first-order chi connectivity index (χ1) is 13.4. The van der Waals surface area contributed by atoms with E-state index in [1.54, 1.807) is 24.3 Å². The zero-order valence-electron chi connectivity index (χ0n) is 16.4. The summed E-state index contributed by atoms with van der Waals surface area (Å²) in [5.74, 6) is -0.352. The Bertz CT molecular complexity index is 830. The molecule has 2 aromatic rings. The van der Waals surface area contributed by atoms with Crippen LogP contribution in [0, 0.1) is 5.41 Å². The number of nitrogens with one attached hydrogen (secondary N) is 1. The molecule has 0 bridgehead atoms. The van der Waals surface area contributed by atoms with Gasteiger partial charge in [0.15, 0.2) is 0 Å². The van der Waals surface area contributed by atoms with Crippen molar-refractivity contribution in [1.29, 1.82) is 0 Å². The first-order valence-electron chi connectivity index (χ1n) is 9.49. The third kappa shape index (κ3) is 5.95. The minimum atomic E-state index is -0.634. The molecule has 5 nitrogen and oxygen atoms in total. The molecular weight excluding hydrogens is 409 g/mol. The molecule has 0 saturated carbocycles. The van der Waals surface area contributed by atoms with Crippen molar-refractivity contribution < 1.29 is 9.59 Å². The standard InChI is InChI=1S/C22H26ClN3O2.ClH/c1-22(14-24)11-12-26(15-22)21(28)19(13-16-5-3-2-4-6-16)25-20(27)17-7-9-18(23)10-8-17;/h2-10,19H,11-15,24H2,1H3,(H,25,27);1H. The van der Waals surface area contributed by atoms with Gasteiger partial charge in [0.25, 0.3) is 5.91 Å². The van der Waals surface area contributed by atoms with Crippen LogP contribution in [0.2, 0.25) is 5.02 Å². The topological polar surface area (TPSA) is 75.4 Å². The van der Waals surface area contributed by atoms with Crippen LogP contribution in [-0.4, -0.2) is 42.4 Å². The number of halogens is 2. The van der Waals surface area contributed by atoms with E-state index < -0.39 is 6.04 Å². The lowest BCUT2D eigenvalue weighted by molar-refractivity contribution is -0.132. The number of hydrogen-bond donors (Lipinski definition) is 2. The van der Waals surface area contributed by atoms with Gasteiger partial charge in [0.2, 0.25) is 5.91 Å². The van der Waals surface area contributed by atoms with Gasteiger partial charge in [0, 0.05) is 30.1 Å². The Morgan fingerprint density at radius 2 is 1.83 bits per heavy atom. The van der Waals surface area contributed by atoms with E-state index in [1.807, 2.05) is 35.2 Å². The molecule has 2 aromatic carbocycles. The summed E-state index contributed by atoms with van der Waals surface area (Å²) in [6.45, 7) is 3.91. The summed E-state index contributed by atoms with van der Waals surface area (Å²) in [4.78, 5) is 27.8. The predicted octanol–water partition coefficient (Wildman–Crippen LogP) is 3.30. The number of carbonyl (C=O) groups is 2. The minimum absolute atomic E-state index is 0. The third-order valence-electron chi connectivity index (χ3n) is 5.35. The highest BCUT2D eigenvalue weighted by Crippen LogP contribution is 2.29. The van der Waals surface area contributed by atoms with E-state index in [4.69, 9.17) is 17.3 Å². The number of nitrogens with two attached hydrogens (primary N) is 1. The minimum Gasteiger partial charge on any atom is -0.340 e. The number of hydrogen-bond acceptors (Lipinski definition) is 3. The Balaban J connectivity index is 0.00000300. The van der Waals surface area contributed by atoms with Crippen molar-refractivity contribution in [3.8, 4) is 0 Å². The molecule has 2 amide bonds.